The van der Waals surface area contributed by atoms with Crippen molar-refractivity contribution in [1.82, 2.24) is 0 Å². The van der Waals surface area contributed by atoms with Crippen molar-refractivity contribution in [2.24, 2.45) is 0 Å². The van der Waals surface area contributed by atoms with E-state index in [-0.39, 0.29) is 16.8 Å². The molecule has 2 heterocycles. The standard InChI is InChI=1S/C13H12O6S/c1-7(9-4-5-11(19-9)13(16)17)20-6-8-2-3-10(18-8)12(14)15/h2-5,7H,6H2,1H3,(H,14,15)(H,16,17)/t7-/m1/s1. The minimum Gasteiger partial charge on any atom is -0.475 e. The van der Waals surface area contributed by atoms with E-state index in [0.717, 1.165) is 0 Å². The van der Waals surface area contributed by atoms with Crippen molar-refractivity contribution < 1.29 is 28.6 Å². The molecule has 0 saturated heterocycles. The molecule has 0 aliphatic carbocycles. The lowest BCUT2D eigenvalue weighted by Gasteiger charge is -2.06. The van der Waals surface area contributed by atoms with Crippen LogP contribution in [0.3, 0.4) is 0 Å². The number of aromatic carboxylic acids is 2. The average molecular weight is 296 g/mol. The summed E-state index contributed by atoms with van der Waals surface area (Å²) in [5.41, 5.74) is 0. The quantitative estimate of drug-likeness (QED) is 0.843. The number of hydrogen-bond donors (Lipinski definition) is 2. The number of rotatable bonds is 6. The number of carboxylic acid groups (broad SMARTS) is 2. The minimum atomic E-state index is -1.11. The second kappa shape index (κ2) is 5.87. The molecule has 0 aliphatic heterocycles. The van der Waals surface area contributed by atoms with E-state index in [1.807, 2.05) is 6.92 Å². The van der Waals surface area contributed by atoms with E-state index in [0.29, 0.717) is 17.3 Å². The predicted molar refractivity (Wildman–Crippen MR) is 71.0 cm³/mol. The van der Waals surface area contributed by atoms with Crippen molar-refractivity contribution in [2.45, 2.75) is 17.9 Å². The Morgan fingerprint density at radius 2 is 1.70 bits per heavy atom. The molecule has 0 radical (unpaired) electrons. The average Bonchev–Trinajstić information content (AvgIpc) is 3.05. The Kier molecular flexibility index (Phi) is 4.19. The van der Waals surface area contributed by atoms with Crippen molar-refractivity contribution in [3.05, 3.63) is 47.3 Å². The van der Waals surface area contributed by atoms with Gasteiger partial charge in [-0.3, -0.25) is 0 Å². The molecule has 0 amide bonds. The number of carboxylic acids is 2. The van der Waals surface area contributed by atoms with Crippen molar-refractivity contribution in [2.75, 3.05) is 0 Å². The summed E-state index contributed by atoms with van der Waals surface area (Å²) in [5.74, 6) is -0.839. The molecule has 0 fully saturated rings. The molecule has 6 nitrogen and oxygen atoms in total. The van der Waals surface area contributed by atoms with Gasteiger partial charge in [-0.2, -0.15) is 0 Å². The molecular formula is C13H12O6S. The lowest BCUT2D eigenvalue weighted by atomic mass is 10.3. The Balaban J connectivity index is 1.95. The van der Waals surface area contributed by atoms with E-state index in [4.69, 9.17) is 19.0 Å². The van der Waals surface area contributed by atoms with Crippen LogP contribution in [0.1, 0.15) is 44.8 Å². The molecule has 0 aromatic carbocycles. The van der Waals surface area contributed by atoms with E-state index < -0.39 is 11.9 Å². The first kappa shape index (κ1) is 14.3. The van der Waals surface area contributed by atoms with E-state index in [1.165, 1.54) is 23.9 Å². The summed E-state index contributed by atoms with van der Waals surface area (Å²) in [6, 6.07) is 6.03. The maximum absolute atomic E-state index is 10.7. The molecule has 0 unspecified atom stereocenters. The lowest BCUT2D eigenvalue weighted by Crippen LogP contribution is -1.93. The third kappa shape index (κ3) is 3.24. The van der Waals surface area contributed by atoms with Gasteiger partial charge in [0, 0.05) is 0 Å². The summed E-state index contributed by atoms with van der Waals surface area (Å²) in [5, 5.41) is 17.4. The maximum Gasteiger partial charge on any atom is 0.371 e. The van der Waals surface area contributed by atoms with Crippen LogP contribution in [0, 0.1) is 0 Å². The van der Waals surface area contributed by atoms with E-state index in [2.05, 4.69) is 0 Å². The molecule has 2 aromatic heterocycles. The first-order valence-electron chi connectivity index (χ1n) is 5.74. The Morgan fingerprint density at radius 1 is 1.10 bits per heavy atom. The summed E-state index contributed by atoms with van der Waals surface area (Å²) < 4.78 is 10.3. The fraction of sp³-hybridized carbons (Fsp3) is 0.231. The maximum atomic E-state index is 10.7. The SMILES string of the molecule is C[C@@H](SCc1ccc(C(=O)O)o1)c1ccc(C(=O)O)o1. The first-order chi connectivity index (χ1) is 9.47. The van der Waals surface area contributed by atoms with Gasteiger partial charge in [-0.05, 0) is 31.2 Å². The summed E-state index contributed by atoms with van der Waals surface area (Å²) in [6.45, 7) is 1.87. The predicted octanol–water partition coefficient (Wildman–Crippen LogP) is 3.26. The highest BCUT2D eigenvalue weighted by molar-refractivity contribution is 7.98. The summed E-state index contributed by atoms with van der Waals surface area (Å²) >= 11 is 1.46. The van der Waals surface area contributed by atoms with Gasteiger partial charge < -0.3 is 19.0 Å². The van der Waals surface area contributed by atoms with Crippen molar-refractivity contribution >= 4 is 23.7 Å². The number of furan rings is 2. The Bertz CT molecular complexity index is 626. The number of thioether (sulfide) groups is 1. The van der Waals surface area contributed by atoms with Crippen LogP contribution in [0.2, 0.25) is 0 Å². The summed E-state index contributed by atoms with van der Waals surface area (Å²) in [7, 11) is 0. The van der Waals surface area contributed by atoms with Crippen LogP contribution in [0.25, 0.3) is 0 Å². The third-order valence-electron chi connectivity index (χ3n) is 2.59. The van der Waals surface area contributed by atoms with Gasteiger partial charge in [0.2, 0.25) is 11.5 Å². The molecule has 0 spiro atoms. The molecule has 0 bridgehead atoms. The van der Waals surface area contributed by atoms with E-state index in [9.17, 15) is 9.59 Å². The molecule has 7 heteroatoms. The topological polar surface area (TPSA) is 101 Å². The molecule has 0 aliphatic rings. The van der Waals surface area contributed by atoms with Crippen LogP contribution in [-0.2, 0) is 5.75 Å². The number of hydrogen-bond acceptors (Lipinski definition) is 5. The first-order valence-corrected chi connectivity index (χ1v) is 6.79. The van der Waals surface area contributed by atoms with Gasteiger partial charge >= 0.3 is 11.9 Å². The van der Waals surface area contributed by atoms with Crippen molar-refractivity contribution in [3.63, 3.8) is 0 Å². The van der Waals surface area contributed by atoms with Crippen LogP contribution in [-0.4, -0.2) is 22.2 Å². The van der Waals surface area contributed by atoms with Crippen molar-refractivity contribution in [3.8, 4) is 0 Å². The molecular weight excluding hydrogens is 284 g/mol. The van der Waals surface area contributed by atoms with Crippen molar-refractivity contribution in [1.29, 1.82) is 0 Å². The molecule has 20 heavy (non-hydrogen) atoms. The van der Waals surface area contributed by atoms with Gasteiger partial charge in [-0.25, -0.2) is 9.59 Å². The second-order valence-corrected chi connectivity index (χ2v) is 5.36. The number of carbonyl (C=O) groups is 2. The summed E-state index contributed by atoms with van der Waals surface area (Å²) in [6.07, 6.45) is 0. The van der Waals surface area contributed by atoms with Crippen LogP contribution < -0.4 is 0 Å². The fourth-order valence-electron chi connectivity index (χ4n) is 1.55. The van der Waals surface area contributed by atoms with Crippen LogP contribution in [0.15, 0.2) is 33.1 Å². The molecule has 2 aromatic rings. The molecule has 106 valence electrons. The van der Waals surface area contributed by atoms with Crippen LogP contribution >= 0.6 is 11.8 Å². The Hall–Kier alpha value is -2.15. The smallest absolute Gasteiger partial charge is 0.371 e. The highest BCUT2D eigenvalue weighted by atomic mass is 32.2. The minimum absolute atomic E-state index is 0.0681. The van der Waals surface area contributed by atoms with Crippen LogP contribution in [0.5, 0.6) is 0 Å². The van der Waals surface area contributed by atoms with E-state index in [1.54, 1.807) is 12.1 Å². The van der Waals surface area contributed by atoms with E-state index >= 15 is 0 Å². The largest absolute Gasteiger partial charge is 0.475 e. The van der Waals surface area contributed by atoms with Gasteiger partial charge in [-0.1, -0.05) is 0 Å². The highest BCUT2D eigenvalue weighted by Gasteiger charge is 2.16. The van der Waals surface area contributed by atoms with Crippen LogP contribution in [0.4, 0.5) is 0 Å². The monoisotopic (exact) mass is 296 g/mol. The van der Waals surface area contributed by atoms with Gasteiger partial charge in [0.15, 0.2) is 0 Å². The molecule has 2 N–H and O–H groups in total. The normalized spacial score (nSPS) is 12.2. The summed E-state index contributed by atoms with van der Waals surface area (Å²) in [4.78, 5) is 21.4. The third-order valence-corrected chi connectivity index (χ3v) is 3.77. The molecule has 1 atom stereocenters. The van der Waals surface area contributed by atoms with Gasteiger partial charge in [0.1, 0.15) is 11.5 Å². The van der Waals surface area contributed by atoms with Gasteiger partial charge in [0.25, 0.3) is 0 Å². The van der Waals surface area contributed by atoms with Gasteiger partial charge in [-0.15, -0.1) is 11.8 Å². The Morgan fingerprint density at radius 3 is 2.25 bits per heavy atom. The zero-order chi connectivity index (χ0) is 14.7. The zero-order valence-electron chi connectivity index (χ0n) is 10.5. The molecule has 2 rings (SSSR count). The second-order valence-electron chi connectivity index (χ2n) is 4.03. The highest BCUT2D eigenvalue weighted by Crippen LogP contribution is 2.32. The molecule has 0 saturated carbocycles. The Labute approximate surface area is 118 Å². The van der Waals surface area contributed by atoms with Gasteiger partial charge in [0.05, 0.1) is 11.0 Å². The fourth-order valence-corrected chi connectivity index (χ4v) is 2.41. The zero-order valence-corrected chi connectivity index (χ0v) is 11.3. The lowest BCUT2D eigenvalue weighted by molar-refractivity contribution is 0.0651.